The van der Waals surface area contributed by atoms with Gasteiger partial charge in [-0.05, 0) is 41.6 Å². The number of anilines is 1. The summed E-state index contributed by atoms with van der Waals surface area (Å²) in [6.45, 7) is 0.0689. The average molecular weight is 375 g/mol. The van der Waals surface area contributed by atoms with Crippen molar-refractivity contribution in [3.63, 3.8) is 0 Å². The van der Waals surface area contributed by atoms with E-state index in [0.717, 1.165) is 22.2 Å². The summed E-state index contributed by atoms with van der Waals surface area (Å²) in [4.78, 5) is 26.1. The van der Waals surface area contributed by atoms with Crippen LogP contribution in [0, 0.1) is 0 Å². The molecule has 0 aromatic heterocycles. The third-order valence-electron chi connectivity index (χ3n) is 3.56. The maximum atomic E-state index is 12.4. The van der Waals surface area contributed by atoms with Crippen LogP contribution in [-0.2, 0) is 4.79 Å². The molecule has 0 unspecified atom stereocenters. The Labute approximate surface area is 154 Å². The number of imide groups is 1. The van der Waals surface area contributed by atoms with Crippen LogP contribution in [0.15, 0.2) is 53.4 Å². The summed E-state index contributed by atoms with van der Waals surface area (Å²) in [5, 5.41) is 3.17. The molecule has 1 aliphatic rings. The molecule has 25 heavy (non-hydrogen) atoms. The fourth-order valence-electron chi connectivity index (χ4n) is 2.28. The summed E-state index contributed by atoms with van der Waals surface area (Å²) in [6.07, 6.45) is 1.72. The Balaban J connectivity index is 1.69. The molecule has 128 valence electrons. The van der Waals surface area contributed by atoms with Crippen LogP contribution in [0.2, 0.25) is 5.02 Å². The molecule has 2 aromatic carbocycles. The minimum absolute atomic E-state index is 0.0689. The number of amides is 2. The molecule has 1 saturated heterocycles. The van der Waals surface area contributed by atoms with Crippen LogP contribution in [0.1, 0.15) is 5.56 Å². The van der Waals surface area contributed by atoms with E-state index >= 15 is 0 Å². The van der Waals surface area contributed by atoms with Gasteiger partial charge in [0.2, 0.25) is 0 Å². The maximum absolute atomic E-state index is 12.4. The number of carbonyl (C=O) groups is 2. The van der Waals surface area contributed by atoms with Crippen LogP contribution in [0.3, 0.4) is 0 Å². The van der Waals surface area contributed by atoms with Crippen molar-refractivity contribution >= 4 is 46.3 Å². The number of rotatable bonds is 5. The van der Waals surface area contributed by atoms with Gasteiger partial charge in [0.05, 0.1) is 23.7 Å². The minimum atomic E-state index is -0.314. The smallest absolute Gasteiger partial charge is 0.295 e. The van der Waals surface area contributed by atoms with Crippen LogP contribution in [0.25, 0.3) is 6.08 Å². The molecule has 1 N–H and O–H groups in total. The molecule has 1 fully saturated rings. The molecule has 7 heteroatoms. The van der Waals surface area contributed by atoms with Crippen molar-refractivity contribution in [1.29, 1.82) is 0 Å². The Kier molecular flexibility index (Phi) is 5.31. The molecule has 0 atom stereocenters. The van der Waals surface area contributed by atoms with Gasteiger partial charge in [-0.3, -0.25) is 14.5 Å². The van der Waals surface area contributed by atoms with Crippen molar-refractivity contribution in [3.8, 4) is 5.75 Å². The van der Waals surface area contributed by atoms with Gasteiger partial charge in [0.15, 0.2) is 0 Å². The van der Waals surface area contributed by atoms with Crippen molar-refractivity contribution in [2.75, 3.05) is 19.1 Å². The summed E-state index contributed by atoms with van der Waals surface area (Å²) < 4.78 is 5.09. The van der Waals surface area contributed by atoms with Crippen molar-refractivity contribution in [1.82, 2.24) is 4.90 Å². The van der Waals surface area contributed by atoms with Crippen LogP contribution >= 0.6 is 23.4 Å². The van der Waals surface area contributed by atoms with Crippen LogP contribution in [0.5, 0.6) is 5.75 Å². The number of hydrogen-bond donors (Lipinski definition) is 1. The monoisotopic (exact) mass is 374 g/mol. The largest absolute Gasteiger partial charge is 0.495 e. The topological polar surface area (TPSA) is 58.6 Å². The molecular formula is C18H15ClN2O3S. The summed E-state index contributed by atoms with van der Waals surface area (Å²) in [7, 11) is 1.54. The fourth-order valence-corrected chi connectivity index (χ4v) is 3.38. The van der Waals surface area contributed by atoms with Gasteiger partial charge in [-0.15, -0.1) is 0 Å². The van der Waals surface area contributed by atoms with E-state index in [4.69, 9.17) is 16.3 Å². The molecule has 1 heterocycles. The fraction of sp³-hybridized carbons (Fsp3) is 0.111. The molecule has 0 spiro atoms. The molecule has 0 bridgehead atoms. The van der Waals surface area contributed by atoms with Gasteiger partial charge in [0.25, 0.3) is 11.1 Å². The van der Waals surface area contributed by atoms with Crippen molar-refractivity contribution in [2.24, 2.45) is 0 Å². The zero-order valence-electron chi connectivity index (χ0n) is 13.4. The lowest BCUT2D eigenvalue weighted by Gasteiger charge is -2.15. The van der Waals surface area contributed by atoms with Crippen molar-refractivity contribution < 1.29 is 14.3 Å². The summed E-state index contributed by atoms with van der Waals surface area (Å²) >= 11 is 7.00. The molecule has 3 rings (SSSR count). The number of thioether (sulfide) groups is 1. The van der Waals surface area contributed by atoms with Gasteiger partial charge in [-0.1, -0.05) is 41.9 Å². The highest BCUT2D eigenvalue weighted by atomic mass is 35.5. The number of halogens is 1. The normalized spacial score (nSPS) is 15.8. The average Bonchev–Trinajstić information content (AvgIpc) is 2.87. The molecule has 0 aliphatic carbocycles. The standard InChI is InChI=1S/C18H15ClN2O3S/c1-24-15-8-7-13(10-14(15)19)20-11-21-17(22)16(25-18(21)23)9-12-5-3-2-4-6-12/h2-10,20H,11H2,1H3. The highest BCUT2D eigenvalue weighted by Crippen LogP contribution is 2.32. The molecule has 1 aliphatic heterocycles. The van der Waals surface area contributed by atoms with E-state index in [0.29, 0.717) is 21.4 Å². The van der Waals surface area contributed by atoms with Gasteiger partial charge in [0.1, 0.15) is 5.75 Å². The van der Waals surface area contributed by atoms with Crippen molar-refractivity contribution in [2.45, 2.75) is 0 Å². The predicted molar refractivity (Wildman–Crippen MR) is 101 cm³/mol. The van der Waals surface area contributed by atoms with E-state index < -0.39 is 0 Å². The zero-order valence-corrected chi connectivity index (χ0v) is 14.9. The number of ether oxygens (including phenoxy) is 1. The number of methoxy groups -OCH3 is 1. The lowest BCUT2D eigenvalue weighted by atomic mass is 10.2. The summed E-state index contributed by atoms with van der Waals surface area (Å²) in [5.41, 5.74) is 1.57. The second-order valence-corrected chi connectivity index (χ2v) is 6.61. The number of nitrogens with zero attached hydrogens (tertiary/aromatic N) is 1. The SMILES string of the molecule is COc1ccc(NCN2C(=O)SC(=Cc3ccccc3)C2=O)cc1Cl. The third-order valence-corrected chi connectivity index (χ3v) is 4.77. The lowest BCUT2D eigenvalue weighted by Crippen LogP contribution is -2.33. The predicted octanol–water partition coefficient (Wildman–Crippen LogP) is 4.45. The van der Waals surface area contributed by atoms with E-state index in [9.17, 15) is 9.59 Å². The number of carbonyl (C=O) groups excluding carboxylic acids is 2. The molecule has 0 radical (unpaired) electrons. The Morgan fingerprint density at radius 3 is 2.64 bits per heavy atom. The van der Waals surface area contributed by atoms with Crippen LogP contribution in [-0.4, -0.2) is 29.8 Å². The Bertz CT molecular complexity index is 839. The highest BCUT2D eigenvalue weighted by Gasteiger charge is 2.34. The van der Waals surface area contributed by atoms with E-state index in [1.165, 1.54) is 7.11 Å². The second kappa shape index (κ2) is 7.63. The highest BCUT2D eigenvalue weighted by molar-refractivity contribution is 8.18. The van der Waals surface area contributed by atoms with Gasteiger partial charge in [-0.2, -0.15) is 0 Å². The first kappa shape index (κ1) is 17.4. The Morgan fingerprint density at radius 2 is 1.96 bits per heavy atom. The summed E-state index contributed by atoms with van der Waals surface area (Å²) in [6, 6.07) is 14.6. The Hall–Kier alpha value is -2.44. The van der Waals surface area contributed by atoms with Crippen molar-refractivity contribution in [3.05, 3.63) is 64.0 Å². The van der Waals surface area contributed by atoms with Gasteiger partial charge in [0, 0.05) is 5.69 Å². The van der Waals surface area contributed by atoms with E-state index in [2.05, 4.69) is 5.32 Å². The van der Waals surface area contributed by atoms with E-state index in [1.807, 2.05) is 30.3 Å². The van der Waals surface area contributed by atoms with Gasteiger partial charge in [-0.25, -0.2) is 0 Å². The first-order valence-electron chi connectivity index (χ1n) is 7.46. The quantitative estimate of drug-likeness (QED) is 0.783. The molecular weight excluding hydrogens is 360 g/mol. The van der Waals surface area contributed by atoms with Crippen LogP contribution < -0.4 is 10.1 Å². The Morgan fingerprint density at radius 1 is 1.20 bits per heavy atom. The zero-order chi connectivity index (χ0) is 17.8. The number of benzene rings is 2. The number of hydrogen-bond acceptors (Lipinski definition) is 5. The van der Waals surface area contributed by atoms with E-state index in [1.54, 1.807) is 24.3 Å². The van der Waals surface area contributed by atoms with Crippen LogP contribution in [0.4, 0.5) is 10.5 Å². The second-order valence-electron chi connectivity index (χ2n) is 5.20. The first-order chi connectivity index (χ1) is 12.1. The lowest BCUT2D eigenvalue weighted by molar-refractivity contribution is -0.122. The molecule has 2 aromatic rings. The third kappa shape index (κ3) is 3.97. The summed E-state index contributed by atoms with van der Waals surface area (Å²) in [5.74, 6) is 0.245. The molecule has 5 nitrogen and oxygen atoms in total. The minimum Gasteiger partial charge on any atom is -0.495 e. The number of nitrogens with one attached hydrogen (secondary N) is 1. The van der Waals surface area contributed by atoms with Gasteiger partial charge >= 0.3 is 0 Å². The first-order valence-corrected chi connectivity index (χ1v) is 8.66. The van der Waals surface area contributed by atoms with Gasteiger partial charge < -0.3 is 10.1 Å². The van der Waals surface area contributed by atoms with E-state index in [-0.39, 0.29) is 17.8 Å². The molecule has 0 saturated carbocycles. The molecule has 2 amide bonds. The maximum Gasteiger partial charge on any atom is 0.295 e.